The first-order valence-corrected chi connectivity index (χ1v) is 11.0. The van der Waals surface area contributed by atoms with E-state index in [1.807, 2.05) is 0 Å². The van der Waals surface area contributed by atoms with Crippen molar-refractivity contribution in [2.45, 2.75) is 13.8 Å². The zero-order valence-electron chi connectivity index (χ0n) is 16.9. The van der Waals surface area contributed by atoms with E-state index in [-0.39, 0.29) is 29.2 Å². The van der Waals surface area contributed by atoms with Crippen LogP contribution >= 0.6 is 0 Å². The van der Waals surface area contributed by atoms with E-state index in [9.17, 15) is 17.6 Å². The SMILES string of the molecule is CCOC(=O)c1c(-c2ccc(F)cc2)oc2cc(NS(C)(=O)=O)c(/C(C)=N/C)cc12. The van der Waals surface area contributed by atoms with Crippen LogP contribution in [0.15, 0.2) is 45.8 Å². The molecule has 0 saturated carbocycles. The van der Waals surface area contributed by atoms with Gasteiger partial charge in [-0.3, -0.25) is 9.71 Å². The predicted octanol–water partition coefficient (Wildman–Crippen LogP) is 4.23. The summed E-state index contributed by atoms with van der Waals surface area (Å²) in [7, 11) is -2.00. The first-order valence-electron chi connectivity index (χ1n) is 9.09. The molecule has 0 aliphatic carbocycles. The zero-order valence-corrected chi connectivity index (χ0v) is 17.8. The Morgan fingerprint density at radius 3 is 2.47 bits per heavy atom. The van der Waals surface area contributed by atoms with Gasteiger partial charge in [-0.2, -0.15) is 0 Å². The van der Waals surface area contributed by atoms with Crippen molar-refractivity contribution in [2.75, 3.05) is 24.6 Å². The van der Waals surface area contributed by atoms with Crippen LogP contribution < -0.4 is 4.72 Å². The largest absolute Gasteiger partial charge is 0.462 e. The third-order valence-corrected chi connectivity index (χ3v) is 5.03. The molecule has 1 N–H and O–H groups in total. The van der Waals surface area contributed by atoms with Gasteiger partial charge in [0.2, 0.25) is 10.0 Å². The van der Waals surface area contributed by atoms with Crippen LogP contribution in [-0.4, -0.2) is 40.0 Å². The molecule has 1 heterocycles. The van der Waals surface area contributed by atoms with Gasteiger partial charge < -0.3 is 9.15 Å². The van der Waals surface area contributed by atoms with E-state index in [0.717, 1.165) is 6.26 Å². The maximum Gasteiger partial charge on any atom is 0.342 e. The number of furan rings is 1. The smallest absolute Gasteiger partial charge is 0.342 e. The molecule has 2 aromatic carbocycles. The van der Waals surface area contributed by atoms with Gasteiger partial charge in [-0.05, 0) is 44.2 Å². The fourth-order valence-corrected chi connectivity index (χ4v) is 3.63. The lowest BCUT2D eigenvalue weighted by molar-refractivity contribution is 0.0528. The van der Waals surface area contributed by atoms with Crippen LogP contribution in [0, 0.1) is 5.82 Å². The van der Waals surface area contributed by atoms with Crippen LogP contribution in [0.4, 0.5) is 10.1 Å². The van der Waals surface area contributed by atoms with Crippen molar-refractivity contribution >= 4 is 38.4 Å². The maximum absolute atomic E-state index is 13.4. The van der Waals surface area contributed by atoms with Crippen molar-refractivity contribution in [2.24, 2.45) is 4.99 Å². The van der Waals surface area contributed by atoms with E-state index >= 15 is 0 Å². The number of carbonyl (C=O) groups is 1. The van der Waals surface area contributed by atoms with Gasteiger partial charge in [0.1, 0.15) is 22.7 Å². The normalized spacial score (nSPS) is 12.2. The van der Waals surface area contributed by atoms with E-state index in [1.165, 1.54) is 30.3 Å². The highest BCUT2D eigenvalue weighted by Gasteiger charge is 2.25. The summed E-state index contributed by atoms with van der Waals surface area (Å²) < 4.78 is 50.6. The summed E-state index contributed by atoms with van der Waals surface area (Å²) in [5.41, 5.74) is 2.25. The highest BCUT2D eigenvalue weighted by atomic mass is 32.2. The Bertz CT molecular complexity index is 1240. The Labute approximate surface area is 173 Å². The number of hydrogen-bond acceptors (Lipinski definition) is 6. The number of nitrogens with one attached hydrogen (secondary N) is 1. The van der Waals surface area contributed by atoms with Gasteiger partial charge in [0, 0.05) is 35.3 Å². The first-order chi connectivity index (χ1) is 14.1. The van der Waals surface area contributed by atoms with Gasteiger partial charge >= 0.3 is 5.97 Å². The number of hydrogen-bond donors (Lipinski definition) is 1. The summed E-state index contributed by atoms with van der Waals surface area (Å²) in [6.45, 7) is 3.56. The minimum atomic E-state index is -3.58. The molecule has 30 heavy (non-hydrogen) atoms. The fourth-order valence-electron chi connectivity index (χ4n) is 3.06. The number of rotatable bonds is 6. The molecule has 0 saturated heterocycles. The number of fused-ring (bicyclic) bond motifs is 1. The Balaban J connectivity index is 2.35. The molecule has 0 bridgehead atoms. The molecule has 9 heteroatoms. The van der Waals surface area contributed by atoms with Crippen molar-refractivity contribution in [3.05, 3.63) is 53.3 Å². The van der Waals surface area contributed by atoms with Gasteiger partial charge in [-0.15, -0.1) is 0 Å². The average Bonchev–Trinajstić information content (AvgIpc) is 3.04. The van der Waals surface area contributed by atoms with Crippen LogP contribution in [0.25, 0.3) is 22.3 Å². The highest BCUT2D eigenvalue weighted by Crippen LogP contribution is 2.37. The average molecular weight is 432 g/mol. The van der Waals surface area contributed by atoms with E-state index in [1.54, 1.807) is 27.0 Å². The van der Waals surface area contributed by atoms with E-state index in [2.05, 4.69) is 9.71 Å². The van der Waals surface area contributed by atoms with Crippen molar-refractivity contribution in [1.82, 2.24) is 0 Å². The molecule has 7 nitrogen and oxygen atoms in total. The minimum Gasteiger partial charge on any atom is -0.462 e. The molecule has 3 rings (SSSR count). The third kappa shape index (κ3) is 4.35. The Morgan fingerprint density at radius 1 is 1.23 bits per heavy atom. The second-order valence-corrected chi connectivity index (χ2v) is 8.36. The van der Waals surface area contributed by atoms with Crippen molar-refractivity contribution < 1.29 is 26.8 Å². The number of benzene rings is 2. The van der Waals surface area contributed by atoms with E-state index < -0.39 is 21.8 Å². The molecule has 0 unspecified atom stereocenters. The first kappa shape index (κ1) is 21.5. The Kier molecular flexibility index (Phi) is 5.93. The number of anilines is 1. The van der Waals surface area contributed by atoms with Crippen molar-refractivity contribution in [1.29, 1.82) is 0 Å². The molecular weight excluding hydrogens is 411 g/mol. The Morgan fingerprint density at radius 2 is 1.90 bits per heavy atom. The topological polar surface area (TPSA) is 98.0 Å². The molecule has 0 atom stereocenters. The molecule has 0 amide bonds. The van der Waals surface area contributed by atoms with Crippen LogP contribution in [0.5, 0.6) is 0 Å². The molecule has 3 aromatic rings. The summed E-state index contributed by atoms with van der Waals surface area (Å²) in [6.07, 6.45) is 1.04. The number of nitrogens with zero attached hydrogens (tertiary/aromatic N) is 1. The van der Waals surface area contributed by atoms with Crippen LogP contribution in [0.3, 0.4) is 0 Å². The Hall–Kier alpha value is -3.20. The standard InChI is InChI=1S/C21H21FN2O5S/c1-5-28-21(25)19-16-10-15(12(2)23-3)17(24-30(4,26)27)11-18(16)29-20(19)13-6-8-14(22)9-7-13/h6-11,24H,5H2,1-4H3/b23-12+. The second-order valence-electron chi connectivity index (χ2n) is 6.61. The van der Waals surface area contributed by atoms with Crippen molar-refractivity contribution in [3.8, 4) is 11.3 Å². The van der Waals surface area contributed by atoms with Gasteiger partial charge in [0.05, 0.1) is 18.6 Å². The van der Waals surface area contributed by atoms with Crippen LogP contribution in [0.2, 0.25) is 0 Å². The summed E-state index contributed by atoms with van der Waals surface area (Å²) in [5, 5.41) is 0.435. The molecular formula is C21H21FN2O5S. The molecule has 1 aromatic heterocycles. The molecule has 0 aliphatic heterocycles. The maximum atomic E-state index is 13.4. The van der Waals surface area contributed by atoms with E-state index in [4.69, 9.17) is 9.15 Å². The number of sulfonamides is 1. The summed E-state index contributed by atoms with van der Waals surface area (Å²) in [6, 6.07) is 8.63. The monoisotopic (exact) mass is 432 g/mol. The molecule has 0 aliphatic rings. The fraction of sp³-hybridized carbons (Fsp3) is 0.238. The number of ether oxygens (including phenoxy) is 1. The summed E-state index contributed by atoms with van der Waals surface area (Å²) in [5.74, 6) is -0.822. The van der Waals surface area contributed by atoms with Gasteiger partial charge in [-0.25, -0.2) is 17.6 Å². The lowest BCUT2D eigenvalue weighted by atomic mass is 10.0. The molecule has 0 fully saturated rings. The van der Waals surface area contributed by atoms with Gasteiger partial charge in [0.15, 0.2) is 0 Å². The summed E-state index contributed by atoms with van der Waals surface area (Å²) >= 11 is 0. The quantitative estimate of drug-likeness (QED) is 0.464. The predicted molar refractivity (Wildman–Crippen MR) is 114 cm³/mol. The molecule has 0 radical (unpaired) electrons. The lowest BCUT2D eigenvalue weighted by Crippen LogP contribution is -2.13. The van der Waals surface area contributed by atoms with Crippen molar-refractivity contribution in [3.63, 3.8) is 0 Å². The van der Waals surface area contributed by atoms with Gasteiger partial charge in [-0.1, -0.05) is 0 Å². The van der Waals surface area contributed by atoms with Crippen LogP contribution in [-0.2, 0) is 14.8 Å². The zero-order chi connectivity index (χ0) is 22.1. The number of carbonyl (C=O) groups excluding carboxylic acids is 1. The highest BCUT2D eigenvalue weighted by molar-refractivity contribution is 7.92. The van der Waals surface area contributed by atoms with Crippen LogP contribution in [0.1, 0.15) is 29.8 Å². The number of halogens is 1. The summed E-state index contributed by atoms with van der Waals surface area (Å²) in [4.78, 5) is 16.9. The number of aliphatic imine (C=N–C) groups is 1. The van der Waals surface area contributed by atoms with E-state index in [0.29, 0.717) is 22.2 Å². The second kappa shape index (κ2) is 8.27. The van der Waals surface area contributed by atoms with Gasteiger partial charge in [0.25, 0.3) is 0 Å². The third-order valence-electron chi connectivity index (χ3n) is 4.43. The lowest BCUT2D eigenvalue weighted by Gasteiger charge is -2.11. The molecule has 158 valence electrons. The molecule has 0 spiro atoms. The minimum absolute atomic E-state index is 0.157. The number of esters is 1.